The number of hydrogen-bond donors (Lipinski definition) is 1. The van der Waals surface area contributed by atoms with E-state index in [1.807, 2.05) is 34.9 Å². The molecule has 0 saturated carbocycles. The van der Waals surface area contributed by atoms with Crippen LogP contribution in [0.1, 0.15) is 38.3 Å². The van der Waals surface area contributed by atoms with Crippen LogP contribution in [0.5, 0.6) is 17.2 Å². The van der Waals surface area contributed by atoms with Gasteiger partial charge in [-0.05, 0) is 31.5 Å². The minimum absolute atomic E-state index is 0.268. The molecule has 0 saturated heterocycles. The van der Waals surface area contributed by atoms with Crippen LogP contribution in [0.25, 0.3) is 11.0 Å². The van der Waals surface area contributed by atoms with Gasteiger partial charge in [0.2, 0.25) is 5.95 Å². The van der Waals surface area contributed by atoms with Gasteiger partial charge in [-0.15, -0.1) is 0 Å². The lowest BCUT2D eigenvalue weighted by Gasteiger charge is -2.32. The highest BCUT2D eigenvalue weighted by molar-refractivity contribution is 5.94. The van der Waals surface area contributed by atoms with E-state index in [0.29, 0.717) is 35.2 Å². The Bertz CT molecular complexity index is 1210. The van der Waals surface area contributed by atoms with Crippen LogP contribution in [-0.4, -0.2) is 43.5 Å². The van der Waals surface area contributed by atoms with E-state index in [2.05, 4.69) is 12.2 Å². The minimum Gasteiger partial charge on any atom is -0.497 e. The number of allylic oxidation sites excluding steroid dienone is 1. The van der Waals surface area contributed by atoms with Gasteiger partial charge in [0.15, 0.2) is 11.5 Å². The molecule has 8 nitrogen and oxygen atoms in total. The number of nitrogens with one attached hydrogen (secondary N) is 1. The first kappa shape index (κ1) is 22.5. The molecule has 2 heterocycles. The van der Waals surface area contributed by atoms with Gasteiger partial charge in [0, 0.05) is 17.3 Å². The lowest BCUT2D eigenvalue weighted by atomic mass is 9.92. The number of nitrogens with zero attached hydrogens (tertiary/aromatic N) is 2. The smallest absolute Gasteiger partial charge is 0.338 e. The molecular weight excluding hydrogens is 422 g/mol. The zero-order valence-electron chi connectivity index (χ0n) is 19.6. The molecule has 0 bridgehead atoms. The fourth-order valence-electron chi connectivity index (χ4n) is 4.36. The van der Waals surface area contributed by atoms with E-state index in [1.54, 1.807) is 34.3 Å². The van der Waals surface area contributed by atoms with Gasteiger partial charge in [-0.25, -0.2) is 9.78 Å². The highest BCUT2D eigenvalue weighted by atomic mass is 16.5. The van der Waals surface area contributed by atoms with Gasteiger partial charge in [0.1, 0.15) is 11.8 Å². The fourth-order valence-corrected chi connectivity index (χ4v) is 4.36. The normalized spacial score (nSPS) is 15.1. The Morgan fingerprint density at radius 2 is 1.88 bits per heavy atom. The van der Waals surface area contributed by atoms with Crippen LogP contribution < -0.4 is 19.5 Å². The number of carbonyl (C=O) groups is 1. The van der Waals surface area contributed by atoms with Crippen LogP contribution in [0.3, 0.4) is 0 Å². The van der Waals surface area contributed by atoms with Crippen molar-refractivity contribution in [1.82, 2.24) is 9.55 Å². The molecule has 174 valence electrons. The van der Waals surface area contributed by atoms with Crippen LogP contribution in [0, 0.1) is 0 Å². The number of ether oxygens (including phenoxy) is 4. The lowest BCUT2D eigenvalue weighted by molar-refractivity contribution is -0.139. The molecule has 0 fully saturated rings. The van der Waals surface area contributed by atoms with Gasteiger partial charge in [-0.1, -0.05) is 25.5 Å². The average molecular weight is 452 g/mol. The number of anilines is 1. The summed E-state index contributed by atoms with van der Waals surface area (Å²) in [4.78, 5) is 18.2. The molecule has 0 spiro atoms. The van der Waals surface area contributed by atoms with Crippen molar-refractivity contribution < 1.29 is 23.7 Å². The number of aromatic nitrogens is 2. The second-order valence-corrected chi connectivity index (χ2v) is 7.64. The van der Waals surface area contributed by atoms with Crippen molar-refractivity contribution in [3.63, 3.8) is 0 Å². The minimum atomic E-state index is -0.562. The number of carbonyl (C=O) groups excluding carboxylic acids is 1. The summed E-state index contributed by atoms with van der Waals surface area (Å²) >= 11 is 0. The van der Waals surface area contributed by atoms with Crippen molar-refractivity contribution >= 4 is 23.0 Å². The molecule has 0 aliphatic carbocycles. The largest absolute Gasteiger partial charge is 0.497 e. The molecule has 3 aromatic rings. The predicted octanol–water partition coefficient (Wildman–Crippen LogP) is 4.69. The van der Waals surface area contributed by atoms with Gasteiger partial charge in [-0.3, -0.25) is 4.57 Å². The third-order valence-corrected chi connectivity index (χ3v) is 5.72. The van der Waals surface area contributed by atoms with E-state index in [-0.39, 0.29) is 12.6 Å². The van der Waals surface area contributed by atoms with Crippen LogP contribution in [-0.2, 0) is 9.53 Å². The molecule has 1 aliphatic heterocycles. The summed E-state index contributed by atoms with van der Waals surface area (Å²) in [5.41, 5.74) is 3.72. The molecule has 4 rings (SSSR count). The van der Waals surface area contributed by atoms with E-state index in [0.717, 1.165) is 28.7 Å². The van der Waals surface area contributed by atoms with Crippen molar-refractivity contribution in [3.05, 3.63) is 53.2 Å². The van der Waals surface area contributed by atoms with E-state index in [4.69, 9.17) is 23.9 Å². The van der Waals surface area contributed by atoms with E-state index < -0.39 is 6.04 Å². The molecular formula is C25H29N3O5. The zero-order valence-corrected chi connectivity index (χ0v) is 19.6. The number of methoxy groups -OCH3 is 3. The number of para-hydroxylation sites is 2. The number of fused-ring (bicyclic) bond motifs is 3. The molecule has 1 atom stereocenters. The molecule has 1 unspecified atom stereocenters. The van der Waals surface area contributed by atoms with Crippen molar-refractivity contribution in [2.75, 3.05) is 33.3 Å². The standard InChI is InChI=1S/C25H29N3O5/c1-6-10-18-21(24(29)33-7-2)22(16-13-15(30-3)14-20(31-4)23(16)32-5)28-19-12-9-8-11-17(19)26-25(28)27-18/h8-9,11-14,22H,6-7,10H2,1-5H3,(H,26,27). The van der Waals surface area contributed by atoms with Crippen LogP contribution in [0.4, 0.5) is 5.95 Å². The van der Waals surface area contributed by atoms with Crippen LogP contribution in [0.15, 0.2) is 47.7 Å². The van der Waals surface area contributed by atoms with E-state index >= 15 is 0 Å². The maximum atomic E-state index is 13.4. The van der Waals surface area contributed by atoms with Gasteiger partial charge in [-0.2, -0.15) is 0 Å². The summed E-state index contributed by atoms with van der Waals surface area (Å²) in [6.45, 7) is 4.14. The van der Waals surface area contributed by atoms with Crippen molar-refractivity contribution in [3.8, 4) is 17.2 Å². The summed E-state index contributed by atoms with van der Waals surface area (Å²) in [7, 11) is 4.75. The van der Waals surface area contributed by atoms with Crippen molar-refractivity contribution in [2.45, 2.75) is 32.7 Å². The second-order valence-electron chi connectivity index (χ2n) is 7.64. The van der Waals surface area contributed by atoms with E-state index in [1.165, 1.54) is 0 Å². The molecule has 0 radical (unpaired) electrons. The first-order valence-electron chi connectivity index (χ1n) is 11.0. The first-order chi connectivity index (χ1) is 16.1. The highest BCUT2D eigenvalue weighted by Crippen LogP contribution is 2.47. The number of rotatable bonds is 8. The Labute approximate surface area is 193 Å². The summed E-state index contributed by atoms with van der Waals surface area (Å²) in [5, 5.41) is 3.40. The number of esters is 1. The molecule has 1 N–H and O–H groups in total. The Kier molecular flexibility index (Phi) is 6.44. The van der Waals surface area contributed by atoms with Crippen LogP contribution in [0.2, 0.25) is 0 Å². The number of hydrogen-bond acceptors (Lipinski definition) is 7. The topological polar surface area (TPSA) is 83.8 Å². The zero-order chi connectivity index (χ0) is 23.5. The van der Waals surface area contributed by atoms with Gasteiger partial charge < -0.3 is 24.3 Å². The second kappa shape index (κ2) is 9.44. The molecule has 8 heteroatoms. The summed E-state index contributed by atoms with van der Waals surface area (Å²) in [6, 6.07) is 10.9. The maximum Gasteiger partial charge on any atom is 0.338 e. The van der Waals surface area contributed by atoms with Crippen molar-refractivity contribution in [2.24, 2.45) is 0 Å². The van der Waals surface area contributed by atoms with Crippen molar-refractivity contribution in [1.29, 1.82) is 0 Å². The Hall–Kier alpha value is -3.68. The Morgan fingerprint density at radius 3 is 2.55 bits per heavy atom. The molecule has 1 aromatic heterocycles. The highest BCUT2D eigenvalue weighted by Gasteiger charge is 2.38. The van der Waals surface area contributed by atoms with Gasteiger partial charge >= 0.3 is 5.97 Å². The van der Waals surface area contributed by atoms with Crippen LogP contribution >= 0.6 is 0 Å². The summed E-state index contributed by atoms with van der Waals surface area (Å²) in [5.74, 6) is 1.89. The maximum absolute atomic E-state index is 13.4. The Balaban J connectivity index is 2.09. The predicted molar refractivity (Wildman–Crippen MR) is 126 cm³/mol. The first-order valence-corrected chi connectivity index (χ1v) is 11.0. The van der Waals surface area contributed by atoms with Gasteiger partial charge in [0.25, 0.3) is 0 Å². The number of benzene rings is 2. The molecule has 2 aromatic carbocycles. The Morgan fingerprint density at radius 1 is 1.09 bits per heavy atom. The quantitative estimate of drug-likeness (QED) is 0.497. The van der Waals surface area contributed by atoms with Gasteiger partial charge in [0.05, 0.1) is 44.5 Å². The molecule has 0 amide bonds. The average Bonchev–Trinajstić information content (AvgIpc) is 3.20. The van der Waals surface area contributed by atoms with E-state index in [9.17, 15) is 4.79 Å². The summed E-state index contributed by atoms with van der Waals surface area (Å²) in [6.07, 6.45) is 1.51. The molecule has 1 aliphatic rings. The third-order valence-electron chi connectivity index (χ3n) is 5.72. The molecule has 33 heavy (non-hydrogen) atoms. The summed E-state index contributed by atoms with van der Waals surface area (Å²) < 4.78 is 24.5. The SMILES string of the molecule is CCCC1=C(C(=O)OCC)C(c2cc(OC)cc(OC)c2OC)n2c(nc3ccccc32)N1. The third kappa shape index (κ3) is 3.86. The fraction of sp³-hybridized carbons (Fsp3) is 0.360. The monoisotopic (exact) mass is 451 g/mol. The lowest BCUT2D eigenvalue weighted by Crippen LogP contribution is -2.30. The number of imidazole rings is 1.